The lowest BCUT2D eigenvalue weighted by atomic mass is 10.3. The molecule has 0 fully saturated rings. The van der Waals surface area contributed by atoms with Crippen molar-refractivity contribution in [2.45, 2.75) is 18.2 Å². The summed E-state index contributed by atoms with van der Waals surface area (Å²) in [4.78, 5) is 8.87. The van der Waals surface area contributed by atoms with Gasteiger partial charge in [-0.05, 0) is 25.3 Å². The number of rotatable bonds is 3. The van der Waals surface area contributed by atoms with Gasteiger partial charge in [0.05, 0.1) is 5.69 Å². The van der Waals surface area contributed by atoms with E-state index in [0.29, 0.717) is 5.90 Å². The van der Waals surface area contributed by atoms with Gasteiger partial charge in [0.15, 0.2) is 10.2 Å². The first kappa shape index (κ1) is 13.1. The zero-order valence-corrected chi connectivity index (χ0v) is 12.1. The molecule has 5 heteroatoms. The normalized spacial score (nSPS) is 11.6. The Labute approximate surface area is 115 Å². The molecule has 18 heavy (non-hydrogen) atoms. The average Bonchev–Trinajstić information content (AvgIpc) is 2.71. The van der Waals surface area contributed by atoms with Crippen molar-refractivity contribution in [1.82, 2.24) is 4.98 Å². The first-order valence-corrected chi connectivity index (χ1v) is 7.53. The van der Waals surface area contributed by atoms with E-state index in [1.54, 1.807) is 23.1 Å². The number of ether oxygens (including phenoxy) is 1. The second-order valence-corrected chi connectivity index (χ2v) is 5.65. The third-order valence-corrected chi connectivity index (χ3v) is 4.23. The summed E-state index contributed by atoms with van der Waals surface area (Å²) >= 11 is 3.21. The van der Waals surface area contributed by atoms with E-state index >= 15 is 0 Å². The van der Waals surface area contributed by atoms with Crippen LogP contribution in [0.5, 0.6) is 5.75 Å². The van der Waals surface area contributed by atoms with Crippen molar-refractivity contribution in [2.24, 2.45) is 4.99 Å². The van der Waals surface area contributed by atoms with Crippen LogP contribution in [0, 0.1) is 6.92 Å². The third-order valence-electron chi connectivity index (χ3n) is 2.19. The van der Waals surface area contributed by atoms with Crippen LogP contribution >= 0.6 is 23.1 Å². The molecule has 94 valence electrons. The number of benzene rings is 1. The Morgan fingerprint density at radius 2 is 2.06 bits per heavy atom. The lowest BCUT2D eigenvalue weighted by Crippen LogP contribution is -2.01. The van der Waals surface area contributed by atoms with Gasteiger partial charge in [-0.3, -0.25) is 0 Å². The van der Waals surface area contributed by atoms with Crippen molar-refractivity contribution in [3.05, 3.63) is 36.0 Å². The number of aliphatic imine (C=N–C) groups is 1. The summed E-state index contributed by atoms with van der Waals surface area (Å²) in [6.07, 6.45) is 2.01. The first-order chi connectivity index (χ1) is 8.69. The largest absolute Gasteiger partial charge is 0.443 e. The number of nitrogens with zero attached hydrogens (tertiary/aromatic N) is 2. The molecule has 0 aliphatic rings. The molecule has 0 aliphatic heterocycles. The molecule has 0 spiro atoms. The van der Waals surface area contributed by atoms with E-state index in [0.717, 1.165) is 20.8 Å². The Hall–Kier alpha value is -1.33. The molecule has 0 bridgehead atoms. The molecule has 0 aliphatic carbocycles. The van der Waals surface area contributed by atoms with Crippen molar-refractivity contribution in [1.29, 1.82) is 0 Å². The Kier molecular flexibility index (Phi) is 4.38. The third kappa shape index (κ3) is 3.34. The fourth-order valence-corrected chi connectivity index (χ4v) is 2.89. The first-order valence-electron chi connectivity index (χ1n) is 5.48. The van der Waals surface area contributed by atoms with E-state index in [9.17, 15) is 0 Å². The summed E-state index contributed by atoms with van der Waals surface area (Å²) in [7, 11) is 0. The summed E-state index contributed by atoms with van der Waals surface area (Å²) in [5.41, 5.74) is 0.945. The van der Waals surface area contributed by atoms with Crippen LogP contribution in [0.15, 0.2) is 39.7 Å². The highest BCUT2D eigenvalue weighted by atomic mass is 32.2. The van der Waals surface area contributed by atoms with E-state index in [-0.39, 0.29) is 0 Å². The van der Waals surface area contributed by atoms with Crippen LogP contribution in [-0.2, 0) is 0 Å². The molecule has 0 unspecified atom stereocenters. The predicted molar refractivity (Wildman–Crippen MR) is 78.5 cm³/mol. The summed E-state index contributed by atoms with van der Waals surface area (Å²) in [5.74, 6) is 1.42. The molecule has 0 saturated carbocycles. The maximum absolute atomic E-state index is 5.64. The van der Waals surface area contributed by atoms with Gasteiger partial charge in [-0.2, -0.15) is 0 Å². The molecule has 1 heterocycles. The van der Waals surface area contributed by atoms with Gasteiger partial charge in [0.2, 0.25) is 0 Å². The van der Waals surface area contributed by atoms with Crippen molar-refractivity contribution >= 4 is 34.0 Å². The zero-order valence-electron chi connectivity index (χ0n) is 10.5. The number of hydrogen-bond donors (Lipinski definition) is 0. The molecule has 0 atom stereocenters. The van der Waals surface area contributed by atoms with E-state index in [1.165, 1.54) is 0 Å². The average molecular weight is 278 g/mol. The van der Waals surface area contributed by atoms with E-state index in [4.69, 9.17) is 4.74 Å². The maximum Gasteiger partial charge on any atom is 0.192 e. The minimum Gasteiger partial charge on any atom is -0.443 e. The van der Waals surface area contributed by atoms with Gasteiger partial charge in [-0.1, -0.05) is 41.3 Å². The highest BCUT2D eigenvalue weighted by Crippen LogP contribution is 2.32. The SMILES string of the molecule is CSc1nc(C)c(/N=C(\C)Oc2ccccc2)s1. The quantitative estimate of drug-likeness (QED) is 0.477. The lowest BCUT2D eigenvalue weighted by Gasteiger charge is -2.03. The molecule has 0 N–H and O–H groups in total. The van der Waals surface area contributed by atoms with E-state index in [1.807, 2.05) is 50.4 Å². The highest BCUT2D eigenvalue weighted by Gasteiger charge is 2.06. The Morgan fingerprint density at radius 1 is 1.33 bits per heavy atom. The Morgan fingerprint density at radius 3 is 2.67 bits per heavy atom. The standard InChI is InChI=1S/C13H14N2OS2/c1-9-12(18-13(14-9)17-3)15-10(2)16-11-7-5-4-6-8-11/h4-8H,1-3H3/b15-10+. The van der Waals surface area contributed by atoms with Crippen molar-refractivity contribution < 1.29 is 4.74 Å². The number of para-hydroxylation sites is 1. The summed E-state index contributed by atoms with van der Waals surface area (Å²) in [6, 6.07) is 9.65. The molecule has 2 aromatic rings. The molecular formula is C13H14N2OS2. The maximum atomic E-state index is 5.64. The number of thioether (sulfide) groups is 1. The van der Waals surface area contributed by atoms with Gasteiger partial charge in [-0.15, -0.1) is 0 Å². The summed E-state index contributed by atoms with van der Waals surface area (Å²) in [5, 5.41) is 0.910. The predicted octanol–water partition coefficient (Wildman–Crippen LogP) is 4.30. The molecular weight excluding hydrogens is 264 g/mol. The highest BCUT2D eigenvalue weighted by molar-refractivity contribution is 8.00. The molecule has 1 aromatic heterocycles. The van der Waals surface area contributed by atoms with Crippen LogP contribution in [0.2, 0.25) is 0 Å². The number of thiazole rings is 1. The fraction of sp³-hybridized carbons (Fsp3) is 0.231. The van der Waals surface area contributed by atoms with Gasteiger partial charge in [0, 0.05) is 6.92 Å². The Balaban J connectivity index is 2.15. The smallest absolute Gasteiger partial charge is 0.192 e. The molecule has 1 aromatic carbocycles. The van der Waals surface area contributed by atoms with Crippen LogP contribution in [0.25, 0.3) is 0 Å². The van der Waals surface area contributed by atoms with Gasteiger partial charge in [0.25, 0.3) is 0 Å². The van der Waals surface area contributed by atoms with Gasteiger partial charge >= 0.3 is 0 Å². The number of hydrogen-bond acceptors (Lipinski definition) is 5. The van der Waals surface area contributed by atoms with Gasteiger partial charge in [0.1, 0.15) is 10.8 Å². The van der Waals surface area contributed by atoms with Crippen LogP contribution in [0.3, 0.4) is 0 Å². The second-order valence-electron chi connectivity index (χ2n) is 3.62. The number of aryl methyl sites for hydroxylation is 1. The van der Waals surface area contributed by atoms with Crippen molar-refractivity contribution in [3.8, 4) is 5.75 Å². The minimum atomic E-state index is 0.626. The molecule has 2 rings (SSSR count). The topological polar surface area (TPSA) is 34.5 Å². The molecule has 3 nitrogen and oxygen atoms in total. The lowest BCUT2D eigenvalue weighted by molar-refractivity contribution is 0.547. The summed E-state index contributed by atoms with van der Waals surface area (Å²) in [6.45, 7) is 3.82. The van der Waals surface area contributed by atoms with Crippen LogP contribution in [-0.4, -0.2) is 17.1 Å². The zero-order chi connectivity index (χ0) is 13.0. The monoisotopic (exact) mass is 278 g/mol. The molecule has 0 amide bonds. The van der Waals surface area contributed by atoms with E-state index < -0.39 is 0 Å². The van der Waals surface area contributed by atoms with Gasteiger partial charge in [-0.25, -0.2) is 9.98 Å². The van der Waals surface area contributed by atoms with Crippen molar-refractivity contribution in [2.75, 3.05) is 6.26 Å². The van der Waals surface area contributed by atoms with Crippen molar-refractivity contribution in [3.63, 3.8) is 0 Å². The summed E-state index contributed by atoms with van der Waals surface area (Å²) < 4.78 is 6.66. The molecule has 0 radical (unpaired) electrons. The molecule has 0 saturated heterocycles. The fourth-order valence-electron chi connectivity index (χ4n) is 1.38. The van der Waals surface area contributed by atoms with Crippen LogP contribution in [0.4, 0.5) is 5.00 Å². The minimum absolute atomic E-state index is 0.626. The second kappa shape index (κ2) is 6.02. The van der Waals surface area contributed by atoms with Gasteiger partial charge < -0.3 is 4.74 Å². The Bertz CT molecular complexity index is 549. The van der Waals surface area contributed by atoms with E-state index in [2.05, 4.69) is 9.98 Å². The van der Waals surface area contributed by atoms with Crippen LogP contribution < -0.4 is 4.74 Å². The number of aromatic nitrogens is 1. The van der Waals surface area contributed by atoms with Crippen LogP contribution in [0.1, 0.15) is 12.6 Å².